The molecule has 0 aliphatic heterocycles. The number of carbonyl (C=O) groups excluding carboxylic acids is 3. The molecule has 0 saturated carbocycles. The summed E-state index contributed by atoms with van der Waals surface area (Å²) < 4.78 is 23.3. The Labute approximate surface area is 299 Å². The molecule has 9 nitrogen and oxygen atoms in total. The van der Waals surface area contributed by atoms with Crippen LogP contribution in [0.25, 0.3) is 16.8 Å². The van der Waals surface area contributed by atoms with E-state index in [0.717, 1.165) is 26.8 Å². The topological polar surface area (TPSA) is 147 Å². The molecule has 6 rings (SSSR count). The zero-order valence-electron chi connectivity index (χ0n) is 27.0. The van der Waals surface area contributed by atoms with Gasteiger partial charge in [0.2, 0.25) is 15.9 Å². The van der Waals surface area contributed by atoms with E-state index in [0.29, 0.717) is 16.9 Å². The normalized spacial score (nSPS) is 12.1. The van der Waals surface area contributed by atoms with Crippen LogP contribution in [0.4, 0.5) is 11.4 Å². The van der Waals surface area contributed by atoms with Crippen LogP contribution in [-0.2, 0) is 19.6 Å². The lowest BCUT2D eigenvalue weighted by Crippen LogP contribution is -2.30. The van der Waals surface area contributed by atoms with E-state index in [-0.39, 0.29) is 16.5 Å². The molecule has 0 heterocycles. The predicted molar refractivity (Wildman–Crippen MR) is 202 cm³/mol. The molecule has 11 heteroatoms. The van der Waals surface area contributed by atoms with Gasteiger partial charge in [-0.05, 0) is 88.6 Å². The van der Waals surface area contributed by atoms with Gasteiger partial charge in [0, 0.05) is 21.8 Å². The number of anilines is 2. The number of amides is 3. The summed E-state index contributed by atoms with van der Waals surface area (Å²) in [7, 11) is -3.87. The molecule has 0 aliphatic carbocycles. The Morgan fingerprint density at radius 1 is 0.647 bits per heavy atom. The van der Waals surface area contributed by atoms with Gasteiger partial charge in [0.25, 0.3) is 11.8 Å². The van der Waals surface area contributed by atoms with Crippen molar-refractivity contribution in [1.82, 2.24) is 5.32 Å². The maximum Gasteiger partial charge on any atom is 0.272 e. The van der Waals surface area contributed by atoms with Crippen LogP contribution < -0.4 is 21.1 Å². The highest BCUT2D eigenvalue weighted by molar-refractivity contribution is 8.00. The van der Waals surface area contributed by atoms with Crippen LogP contribution in [0.3, 0.4) is 0 Å². The first-order valence-corrected chi connectivity index (χ1v) is 18.2. The van der Waals surface area contributed by atoms with Gasteiger partial charge in [0.05, 0.1) is 4.90 Å². The van der Waals surface area contributed by atoms with Gasteiger partial charge in [-0.25, -0.2) is 13.6 Å². The average molecular weight is 713 g/mol. The summed E-state index contributed by atoms with van der Waals surface area (Å²) in [5.41, 5.74) is 2.90. The van der Waals surface area contributed by atoms with Gasteiger partial charge in [-0.2, -0.15) is 0 Å². The number of hydrogen-bond donors (Lipinski definition) is 4. The van der Waals surface area contributed by atoms with Crippen molar-refractivity contribution in [3.05, 3.63) is 174 Å². The Hall–Kier alpha value is -6.01. The molecule has 0 bridgehead atoms. The first kappa shape index (κ1) is 34.8. The maximum atomic E-state index is 13.7. The van der Waals surface area contributed by atoms with Gasteiger partial charge in [0.1, 0.15) is 10.9 Å². The summed E-state index contributed by atoms with van der Waals surface area (Å²) in [6.07, 6.45) is 1.66. The Morgan fingerprint density at radius 3 is 1.92 bits per heavy atom. The van der Waals surface area contributed by atoms with Crippen molar-refractivity contribution in [1.29, 1.82) is 0 Å². The SMILES string of the molecule is NS(=O)(=O)c1ccc(NC(=O)C(Sc2ccc(NC(=O)/C(=C/c3cccc4ccccc34)NC(=O)c3ccccc3)cc2)c2ccccc2)cc1. The van der Waals surface area contributed by atoms with Gasteiger partial charge in [-0.1, -0.05) is 91.0 Å². The molecule has 0 aromatic heterocycles. The third-order valence-electron chi connectivity index (χ3n) is 7.81. The Kier molecular flexibility index (Phi) is 10.7. The maximum absolute atomic E-state index is 13.7. The number of nitrogens with one attached hydrogen (secondary N) is 3. The molecule has 1 atom stereocenters. The minimum absolute atomic E-state index is 0.0589. The largest absolute Gasteiger partial charge is 0.325 e. The van der Waals surface area contributed by atoms with Crippen LogP contribution in [-0.4, -0.2) is 26.1 Å². The Balaban J connectivity index is 1.21. The second kappa shape index (κ2) is 15.7. The lowest BCUT2D eigenvalue weighted by atomic mass is 10.0. The number of nitrogens with two attached hydrogens (primary N) is 1. The molecule has 6 aromatic carbocycles. The monoisotopic (exact) mass is 712 g/mol. The number of benzene rings is 6. The summed E-state index contributed by atoms with van der Waals surface area (Å²) in [5, 5.41) is 15.0. The van der Waals surface area contributed by atoms with E-state index >= 15 is 0 Å². The first-order valence-electron chi connectivity index (χ1n) is 15.8. The molecule has 6 aromatic rings. The van der Waals surface area contributed by atoms with E-state index in [1.54, 1.807) is 54.6 Å². The van der Waals surface area contributed by atoms with Crippen molar-refractivity contribution in [2.75, 3.05) is 10.6 Å². The third-order valence-corrected chi connectivity index (χ3v) is 10.0. The van der Waals surface area contributed by atoms with Crippen molar-refractivity contribution in [3.63, 3.8) is 0 Å². The van der Waals surface area contributed by atoms with E-state index in [2.05, 4.69) is 16.0 Å². The van der Waals surface area contributed by atoms with Crippen molar-refractivity contribution >= 4 is 67.7 Å². The fourth-order valence-corrected chi connectivity index (χ4v) is 6.80. The van der Waals surface area contributed by atoms with Crippen molar-refractivity contribution in [2.45, 2.75) is 15.0 Å². The van der Waals surface area contributed by atoms with Gasteiger partial charge in [-0.15, -0.1) is 11.8 Å². The smallest absolute Gasteiger partial charge is 0.272 e. The highest BCUT2D eigenvalue weighted by atomic mass is 32.2. The van der Waals surface area contributed by atoms with E-state index in [1.165, 1.54) is 36.0 Å². The number of carbonyl (C=O) groups is 3. The fraction of sp³-hybridized carbons (Fsp3) is 0.0250. The average Bonchev–Trinajstić information content (AvgIpc) is 3.15. The van der Waals surface area contributed by atoms with Crippen molar-refractivity contribution in [2.24, 2.45) is 5.14 Å². The summed E-state index contributed by atoms with van der Waals surface area (Å²) in [5.74, 6) is -1.25. The van der Waals surface area contributed by atoms with E-state index in [1.807, 2.05) is 78.9 Å². The van der Waals surface area contributed by atoms with E-state index < -0.39 is 27.1 Å². The molecule has 254 valence electrons. The molecule has 0 fully saturated rings. The third kappa shape index (κ3) is 8.97. The quantitative estimate of drug-likeness (QED) is 0.0815. The number of rotatable bonds is 11. The van der Waals surface area contributed by atoms with Gasteiger partial charge < -0.3 is 16.0 Å². The fourth-order valence-electron chi connectivity index (χ4n) is 5.26. The van der Waals surface area contributed by atoms with E-state index in [9.17, 15) is 22.8 Å². The minimum Gasteiger partial charge on any atom is -0.325 e. The number of fused-ring (bicyclic) bond motifs is 1. The summed E-state index contributed by atoms with van der Waals surface area (Å²) in [6.45, 7) is 0. The van der Waals surface area contributed by atoms with Gasteiger partial charge in [0.15, 0.2) is 0 Å². The van der Waals surface area contributed by atoms with Crippen LogP contribution in [0.15, 0.2) is 167 Å². The second-order valence-electron chi connectivity index (χ2n) is 11.4. The van der Waals surface area contributed by atoms with Crippen molar-refractivity contribution < 1.29 is 22.8 Å². The van der Waals surface area contributed by atoms with Gasteiger partial charge in [-0.3, -0.25) is 14.4 Å². The molecule has 0 spiro atoms. The molecule has 0 aliphatic rings. The molecule has 0 saturated heterocycles. The molecular weight excluding hydrogens is 681 g/mol. The number of sulfonamides is 1. The lowest BCUT2D eigenvalue weighted by molar-refractivity contribution is -0.116. The minimum atomic E-state index is -3.87. The second-order valence-corrected chi connectivity index (χ2v) is 14.1. The molecule has 5 N–H and O–H groups in total. The molecule has 3 amide bonds. The number of thioether (sulfide) groups is 1. The zero-order chi connectivity index (χ0) is 35.8. The summed E-state index contributed by atoms with van der Waals surface area (Å²) >= 11 is 1.31. The molecule has 1 unspecified atom stereocenters. The van der Waals surface area contributed by atoms with Crippen LogP contribution in [0.2, 0.25) is 0 Å². The molecule has 0 radical (unpaired) electrons. The summed E-state index contributed by atoms with van der Waals surface area (Å²) in [4.78, 5) is 41.1. The zero-order valence-corrected chi connectivity index (χ0v) is 28.7. The molecular formula is C40H32N4O5S2. The standard InChI is InChI=1S/C40H32N4O5S2/c41-51(48,49)34-24-20-32(21-25-34)43-40(47)37(28-11-3-1-4-12-28)50-33-22-18-31(19-23-33)42-39(46)36(44-38(45)29-13-5-2-6-14-29)26-30-16-9-15-27-10-7-8-17-35(27)30/h1-26,37H,(H,42,46)(H,43,47)(H,44,45)(H2,41,48,49)/b36-26-. The van der Waals surface area contributed by atoms with E-state index in [4.69, 9.17) is 5.14 Å². The highest BCUT2D eigenvalue weighted by Crippen LogP contribution is 2.37. The van der Waals surface area contributed by atoms with Crippen LogP contribution in [0, 0.1) is 0 Å². The van der Waals surface area contributed by atoms with Crippen LogP contribution in [0.5, 0.6) is 0 Å². The summed E-state index contributed by atoms with van der Waals surface area (Å²) in [6, 6.07) is 44.1. The molecule has 51 heavy (non-hydrogen) atoms. The van der Waals surface area contributed by atoms with Crippen LogP contribution in [0.1, 0.15) is 26.7 Å². The van der Waals surface area contributed by atoms with Gasteiger partial charge >= 0.3 is 0 Å². The van der Waals surface area contributed by atoms with Crippen LogP contribution >= 0.6 is 11.8 Å². The van der Waals surface area contributed by atoms with Crippen molar-refractivity contribution in [3.8, 4) is 0 Å². The first-order chi connectivity index (χ1) is 24.6. The highest BCUT2D eigenvalue weighted by Gasteiger charge is 2.23. The predicted octanol–water partition coefficient (Wildman–Crippen LogP) is 7.37. The lowest BCUT2D eigenvalue weighted by Gasteiger charge is -2.18. The Morgan fingerprint density at radius 2 is 1.24 bits per heavy atom. The Bertz CT molecular complexity index is 2330. The number of primary sulfonamides is 1. The number of hydrogen-bond acceptors (Lipinski definition) is 6.